The standard InChI is InChI=1S/C16H24N2O4/c1-11(18-12-8-6-5-7-9-12)10-16(17,13(19)20)14(21)22-15(2,3)4/h5-9,11,18H,10,17H2,1-4H3,(H,19,20). The molecular weight excluding hydrogens is 284 g/mol. The Labute approximate surface area is 130 Å². The summed E-state index contributed by atoms with van der Waals surface area (Å²) in [5.74, 6) is -2.34. The molecule has 1 aromatic carbocycles. The van der Waals surface area contributed by atoms with Gasteiger partial charge in [0.25, 0.3) is 0 Å². The van der Waals surface area contributed by atoms with Crippen molar-refractivity contribution in [3.05, 3.63) is 30.3 Å². The van der Waals surface area contributed by atoms with Gasteiger partial charge in [0.05, 0.1) is 0 Å². The van der Waals surface area contributed by atoms with Crippen molar-refractivity contribution in [2.45, 2.75) is 51.3 Å². The van der Waals surface area contributed by atoms with Gasteiger partial charge in [0.2, 0.25) is 5.54 Å². The lowest BCUT2D eigenvalue weighted by Crippen LogP contribution is -2.59. The van der Waals surface area contributed by atoms with Crippen molar-refractivity contribution in [1.29, 1.82) is 0 Å². The van der Waals surface area contributed by atoms with E-state index in [2.05, 4.69) is 5.32 Å². The van der Waals surface area contributed by atoms with Crippen LogP contribution in [0.15, 0.2) is 30.3 Å². The Bertz CT molecular complexity index is 525. The number of carbonyl (C=O) groups is 2. The molecule has 0 spiro atoms. The quantitative estimate of drug-likeness (QED) is 0.549. The molecule has 0 aliphatic heterocycles. The summed E-state index contributed by atoms with van der Waals surface area (Å²) >= 11 is 0. The molecule has 1 aromatic rings. The third-order valence-electron chi connectivity index (χ3n) is 2.96. The van der Waals surface area contributed by atoms with Crippen molar-refractivity contribution in [2.75, 3.05) is 5.32 Å². The van der Waals surface area contributed by atoms with Gasteiger partial charge in [-0.2, -0.15) is 0 Å². The second-order valence-electron chi connectivity index (χ2n) is 6.39. The van der Waals surface area contributed by atoms with Crippen molar-refractivity contribution in [3.63, 3.8) is 0 Å². The molecule has 6 heteroatoms. The van der Waals surface area contributed by atoms with Crippen molar-refractivity contribution in [2.24, 2.45) is 5.73 Å². The maximum Gasteiger partial charge on any atom is 0.338 e. The fourth-order valence-corrected chi connectivity index (χ4v) is 1.98. The van der Waals surface area contributed by atoms with Gasteiger partial charge in [0.1, 0.15) is 5.60 Å². The average Bonchev–Trinajstić information content (AvgIpc) is 2.37. The van der Waals surface area contributed by atoms with E-state index < -0.39 is 23.1 Å². The lowest BCUT2D eigenvalue weighted by atomic mass is 9.92. The van der Waals surface area contributed by atoms with E-state index in [4.69, 9.17) is 10.5 Å². The van der Waals surface area contributed by atoms with Gasteiger partial charge in [-0.1, -0.05) is 18.2 Å². The summed E-state index contributed by atoms with van der Waals surface area (Å²) in [4.78, 5) is 23.6. The Morgan fingerprint density at radius 2 is 1.82 bits per heavy atom. The zero-order valence-electron chi connectivity index (χ0n) is 13.4. The van der Waals surface area contributed by atoms with E-state index in [1.165, 1.54) is 0 Å². The summed E-state index contributed by atoms with van der Waals surface area (Å²) in [5, 5.41) is 12.5. The number of esters is 1. The van der Waals surface area contributed by atoms with Gasteiger partial charge < -0.3 is 20.9 Å². The molecule has 0 saturated heterocycles. The number of anilines is 1. The van der Waals surface area contributed by atoms with Crippen LogP contribution in [0.1, 0.15) is 34.1 Å². The number of carboxylic acid groups (broad SMARTS) is 1. The molecule has 6 nitrogen and oxygen atoms in total. The van der Waals surface area contributed by atoms with Crippen LogP contribution >= 0.6 is 0 Å². The first kappa shape index (κ1) is 18.0. The zero-order chi connectivity index (χ0) is 17.0. The fourth-order valence-electron chi connectivity index (χ4n) is 1.98. The Balaban J connectivity index is 2.82. The molecule has 2 unspecified atom stereocenters. The van der Waals surface area contributed by atoms with E-state index in [1.807, 2.05) is 30.3 Å². The number of nitrogens with one attached hydrogen (secondary N) is 1. The maximum atomic E-state index is 12.2. The van der Waals surface area contributed by atoms with Crippen LogP contribution in [0.4, 0.5) is 5.69 Å². The summed E-state index contributed by atoms with van der Waals surface area (Å²) in [5.41, 5.74) is 3.77. The van der Waals surface area contributed by atoms with Crippen LogP contribution in [0, 0.1) is 0 Å². The monoisotopic (exact) mass is 308 g/mol. The van der Waals surface area contributed by atoms with E-state index in [0.29, 0.717) is 0 Å². The highest BCUT2D eigenvalue weighted by molar-refractivity contribution is 6.04. The van der Waals surface area contributed by atoms with Crippen molar-refractivity contribution < 1.29 is 19.4 Å². The number of hydrogen-bond donors (Lipinski definition) is 3. The molecule has 0 fully saturated rings. The van der Waals surface area contributed by atoms with E-state index in [-0.39, 0.29) is 12.5 Å². The van der Waals surface area contributed by atoms with E-state index in [0.717, 1.165) is 5.69 Å². The minimum atomic E-state index is -2.09. The molecule has 0 aromatic heterocycles. The van der Waals surface area contributed by atoms with Gasteiger partial charge >= 0.3 is 11.9 Å². The summed E-state index contributed by atoms with van der Waals surface area (Å²) in [6.07, 6.45) is -0.0911. The highest BCUT2D eigenvalue weighted by Crippen LogP contribution is 2.20. The summed E-state index contributed by atoms with van der Waals surface area (Å²) in [7, 11) is 0. The largest absolute Gasteiger partial charge is 0.479 e. The third-order valence-corrected chi connectivity index (χ3v) is 2.96. The predicted octanol–water partition coefficient (Wildman–Crippen LogP) is 2.00. The van der Waals surface area contributed by atoms with Crippen LogP contribution in [-0.4, -0.2) is 34.2 Å². The van der Waals surface area contributed by atoms with E-state index >= 15 is 0 Å². The minimum Gasteiger partial charge on any atom is -0.479 e. The number of benzene rings is 1. The molecule has 0 heterocycles. The Morgan fingerprint density at radius 3 is 2.27 bits per heavy atom. The fraction of sp³-hybridized carbons (Fsp3) is 0.500. The van der Waals surface area contributed by atoms with Gasteiger partial charge in [0, 0.05) is 18.2 Å². The lowest BCUT2D eigenvalue weighted by molar-refractivity contribution is -0.169. The van der Waals surface area contributed by atoms with Crippen LogP contribution in [-0.2, 0) is 14.3 Å². The highest BCUT2D eigenvalue weighted by atomic mass is 16.6. The topological polar surface area (TPSA) is 102 Å². The van der Waals surface area contributed by atoms with Gasteiger partial charge in [-0.25, -0.2) is 9.59 Å². The number of rotatable bonds is 6. The second kappa shape index (κ2) is 6.79. The van der Waals surface area contributed by atoms with Crippen LogP contribution in [0.2, 0.25) is 0 Å². The van der Waals surface area contributed by atoms with Crippen molar-refractivity contribution in [3.8, 4) is 0 Å². The molecule has 0 aliphatic carbocycles. The van der Waals surface area contributed by atoms with Crippen LogP contribution in [0.5, 0.6) is 0 Å². The normalized spacial score (nSPS) is 15.5. The molecule has 0 amide bonds. The third kappa shape index (κ3) is 5.04. The smallest absolute Gasteiger partial charge is 0.338 e. The first-order valence-corrected chi connectivity index (χ1v) is 7.12. The SMILES string of the molecule is CC(CC(N)(C(=O)O)C(=O)OC(C)(C)C)Nc1ccccc1. The molecular formula is C16H24N2O4. The molecule has 0 aliphatic rings. The predicted molar refractivity (Wildman–Crippen MR) is 84.5 cm³/mol. The van der Waals surface area contributed by atoms with Gasteiger partial charge in [-0.05, 0) is 39.8 Å². The van der Waals surface area contributed by atoms with Gasteiger partial charge in [0.15, 0.2) is 0 Å². The highest BCUT2D eigenvalue weighted by Gasteiger charge is 2.46. The molecule has 122 valence electrons. The van der Waals surface area contributed by atoms with E-state index in [1.54, 1.807) is 27.7 Å². The number of aliphatic carboxylic acids is 1. The van der Waals surface area contributed by atoms with Crippen LogP contribution in [0.3, 0.4) is 0 Å². The van der Waals surface area contributed by atoms with Crippen molar-refractivity contribution in [1.82, 2.24) is 0 Å². The van der Waals surface area contributed by atoms with Gasteiger partial charge in [-0.3, -0.25) is 0 Å². The Hall–Kier alpha value is -2.08. The molecule has 1 rings (SSSR count). The summed E-state index contributed by atoms with van der Waals surface area (Å²) in [6.45, 7) is 6.76. The number of hydrogen-bond acceptors (Lipinski definition) is 5. The summed E-state index contributed by atoms with van der Waals surface area (Å²) in [6, 6.07) is 8.97. The number of carbonyl (C=O) groups excluding carboxylic acids is 1. The zero-order valence-corrected chi connectivity index (χ0v) is 13.4. The number of nitrogens with two attached hydrogens (primary N) is 1. The number of para-hydroxylation sites is 1. The molecule has 0 radical (unpaired) electrons. The molecule has 4 N–H and O–H groups in total. The molecule has 0 bridgehead atoms. The summed E-state index contributed by atoms with van der Waals surface area (Å²) < 4.78 is 5.14. The minimum absolute atomic E-state index is 0.0911. The maximum absolute atomic E-state index is 12.2. The van der Waals surface area contributed by atoms with E-state index in [9.17, 15) is 14.7 Å². The first-order valence-electron chi connectivity index (χ1n) is 7.12. The van der Waals surface area contributed by atoms with Crippen molar-refractivity contribution >= 4 is 17.6 Å². The second-order valence-corrected chi connectivity index (χ2v) is 6.39. The lowest BCUT2D eigenvalue weighted by Gasteiger charge is -2.30. The average molecular weight is 308 g/mol. The van der Waals surface area contributed by atoms with Gasteiger partial charge in [-0.15, -0.1) is 0 Å². The Kier molecular flexibility index (Phi) is 5.54. The first-order chi connectivity index (χ1) is 10.0. The molecule has 22 heavy (non-hydrogen) atoms. The Morgan fingerprint density at radius 1 is 1.27 bits per heavy atom. The number of carboxylic acids is 1. The molecule has 2 atom stereocenters. The van der Waals surface area contributed by atoms with Crippen LogP contribution in [0.25, 0.3) is 0 Å². The van der Waals surface area contributed by atoms with Crippen LogP contribution < -0.4 is 11.1 Å². The number of ether oxygens (including phenoxy) is 1. The molecule has 0 saturated carbocycles.